The third-order valence-corrected chi connectivity index (χ3v) is 1.82. The molecule has 0 bridgehead atoms. The van der Waals surface area contributed by atoms with Gasteiger partial charge >= 0.3 is 5.97 Å². The lowest BCUT2D eigenvalue weighted by atomic mass is 10.0. The van der Waals surface area contributed by atoms with Gasteiger partial charge in [0.1, 0.15) is 0 Å². The van der Waals surface area contributed by atoms with E-state index in [1.165, 1.54) is 0 Å². The molecule has 0 unspecified atom stereocenters. The van der Waals surface area contributed by atoms with Gasteiger partial charge in [-0.25, -0.2) is 4.79 Å². The van der Waals surface area contributed by atoms with Crippen LogP contribution >= 0.6 is 0 Å². The first kappa shape index (κ1) is 5.23. The van der Waals surface area contributed by atoms with Crippen molar-refractivity contribution in [2.45, 2.75) is 18.4 Å². The standard InChI is InChI=1S/C6H8O3/c7-5-6(4-9-6)2-1-3-8-5/h1-4H2/t6-/m1/s1. The van der Waals surface area contributed by atoms with Gasteiger partial charge in [-0.1, -0.05) is 0 Å². The summed E-state index contributed by atoms with van der Waals surface area (Å²) in [6.45, 7) is 1.15. The van der Waals surface area contributed by atoms with Gasteiger partial charge < -0.3 is 9.47 Å². The minimum atomic E-state index is -0.474. The maximum absolute atomic E-state index is 10.8. The summed E-state index contributed by atoms with van der Waals surface area (Å²) in [7, 11) is 0. The molecule has 0 aromatic rings. The largest absolute Gasteiger partial charge is 0.463 e. The second kappa shape index (κ2) is 1.48. The van der Waals surface area contributed by atoms with E-state index < -0.39 is 5.60 Å². The molecule has 2 fully saturated rings. The van der Waals surface area contributed by atoms with Crippen LogP contribution in [-0.4, -0.2) is 24.8 Å². The number of esters is 1. The quantitative estimate of drug-likeness (QED) is 0.343. The Bertz CT molecular complexity index is 148. The van der Waals surface area contributed by atoms with E-state index in [1.807, 2.05) is 0 Å². The molecule has 2 aliphatic heterocycles. The zero-order valence-corrected chi connectivity index (χ0v) is 5.05. The summed E-state index contributed by atoms with van der Waals surface area (Å²) in [6.07, 6.45) is 1.80. The highest BCUT2D eigenvalue weighted by atomic mass is 16.6. The van der Waals surface area contributed by atoms with E-state index in [4.69, 9.17) is 9.47 Å². The zero-order chi connectivity index (χ0) is 6.32. The summed E-state index contributed by atoms with van der Waals surface area (Å²) in [5.74, 6) is -0.159. The SMILES string of the molecule is O=C1OCCC[C@@]12CO2. The monoisotopic (exact) mass is 128 g/mol. The van der Waals surface area contributed by atoms with Gasteiger partial charge in [-0.15, -0.1) is 0 Å². The van der Waals surface area contributed by atoms with Crippen LogP contribution in [0.1, 0.15) is 12.8 Å². The van der Waals surface area contributed by atoms with E-state index in [1.54, 1.807) is 0 Å². The first-order chi connectivity index (χ1) is 4.33. The molecule has 0 saturated carbocycles. The summed E-state index contributed by atoms with van der Waals surface area (Å²) >= 11 is 0. The van der Waals surface area contributed by atoms with Gasteiger partial charge in [0, 0.05) is 0 Å². The van der Waals surface area contributed by atoms with Gasteiger partial charge in [0.25, 0.3) is 0 Å². The summed E-state index contributed by atoms with van der Waals surface area (Å²) in [5, 5.41) is 0. The van der Waals surface area contributed by atoms with E-state index in [0.717, 1.165) is 12.8 Å². The first-order valence-electron chi connectivity index (χ1n) is 3.15. The van der Waals surface area contributed by atoms with Crippen molar-refractivity contribution in [1.82, 2.24) is 0 Å². The smallest absolute Gasteiger partial charge is 0.340 e. The molecule has 0 aromatic carbocycles. The predicted molar refractivity (Wildman–Crippen MR) is 28.9 cm³/mol. The van der Waals surface area contributed by atoms with Gasteiger partial charge in [0.05, 0.1) is 13.2 Å². The Balaban J connectivity index is 2.12. The number of hydrogen-bond donors (Lipinski definition) is 0. The van der Waals surface area contributed by atoms with Crippen LogP contribution in [0.4, 0.5) is 0 Å². The average Bonchev–Trinajstić information content (AvgIpc) is 2.60. The van der Waals surface area contributed by atoms with Crippen LogP contribution in [0.15, 0.2) is 0 Å². The molecule has 3 nitrogen and oxygen atoms in total. The maximum Gasteiger partial charge on any atom is 0.340 e. The first-order valence-corrected chi connectivity index (χ1v) is 3.15. The molecule has 2 heterocycles. The highest BCUT2D eigenvalue weighted by molar-refractivity contribution is 5.82. The Kier molecular flexibility index (Phi) is 0.858. The maximum atomic E-state index is 10.8. The lowest BCUT2D eigenvalue weighted by Crippen LogP contribution is -2.32. The molecule has 2 aliphatic rings. The summed E-state index contributed by atoms with van der Waals surface area (Å²) in [4.78, 5) is 10.8. The van der Waals surface area contributed by atoms with Gasteiger partial charge in [0.15, 0.2) is 5.60 Å². The van der Waals surface area contributed by atoms with Crippen LogP contribution in [-0.2, 0) is 14.3 Å². The number of ether oxygens (including phenoxy) is 2. The van der Waals surface area contributed by atoms with Crippen molar-refractivity contribution in [3.63, 3.8) is 0 Å². The van der Waals surface area contributed by atoms with E-state index in [0.29, 0.717) is 13.2 Å². The third-order valence-electron chi connectivity index (χ3n) is 1.82. The number of carbonyl (C=O) groups is 1. The molecule has 9 heavy (non-hydrogen) atoms. The van der Waals surface area contributed by atoms with Crippen LogP contribution in [0.3, 0.4) is 0 Å². The van der Waals surface area contributed by atoms with Crippen molar-refractivity contribution in [2.24, 2.45) is 0 Å². The van der Waals surface area contributed by atoms with Gasteiger partial charge in [-0.05, 0) is 12.8 Å². The van der Waals surface area contributed by atoms with Crippen LogP contribution in [0.5, 0.6) is 0 Å². The summed E-state index contributed by atoms with van der Waals surface area (Å²) in [5.41, 5.74) is -0.474. The average molecular weight is 128 g/mol. The number of carbonyl (C=O) groups excluding carboxylic acids is 1. The van der Waals surface area contributed by atoms with Gasteiger partial charge in [-0.2, -0.15) is 0 Å². The third kappa shape index (κ3) is 0.645. The highest BCUT2D eigenvalue weighted by Crippen LogP contribution is 2.36. The Hall–Kier alpha value is -0.570. The molecule has 2 saturated heterocycles. The molecule has 3 heteroatoms. The summed E-state index contributed by atoms with van der Waals surface area (Å²) in [6, 6.07) is 0. The number of hydrogen-bond acceptors (Lipinski definition) is 3. The molecule has 50 valence electrons. The molecule has 1 spiro atoms. The minimum Gasteiger partial charge on any atom is -0.463 e. The second-order valence-electron chi connectivity index (χ2n) is 2.52. The molecule has 2 rings (SSSR count). The van der Waals surface area contributed by atoms with E-state index >= 15 is 0 Å². The van der Waals surface area contributed by atoms with Crippen molar-refractivity contribution in [2.75, 3.05) is 13.2 Å². The Morgan fingerprint density at radius 3 is 2.78 bits per heavy atom. The lowest BCUT2D eigenvalue weighted by Gasteiger charge is -2.16. The number of epoxide rings is 1. The van der Waals surface area contributed by atoms with Crippen molar-refractivity contribution >= 4 is 5.97 Å². The fraction of sp³-hybridized carbons (Fsp3) is 0.833. The van der Waals surface area contributed by atoms with E-state index in [-0.39, 0.29) is 5.97 Å². The summed E-state index contributed by atoms with van der Waals surface area (Å²) < 4.78 is 9.77. The molecule has 0 aliphatic carbocycles. The van der Waals surface area contributed by atoms with E-state index in [2.05, 4.69) is 0 Å². The van der Waals surface area contributed by atoms with Gasteiger partial charge in [0.2, 0.25) is 0 Å². The van der Waals surface area contributed by atoms with Crippen molar-refractivity contribution in [3.05, 3.63) is 0 Å². The van der Waals surface area contributed by atoms with Crippen molar-refractivity contribution < 1.29 is 14.3 Å². The minimum absolute atomic E-state index is 0.159. The Morgan fingerprint density at radius 1 is 1.56 bits per heavy atom. The Morgan fingerprint density at radius 2 is 2.33 bits per heavy atom. The molecule has 1 atom stereocenters. The molecular formula is C6H8O3. The predicted octanol–water partition coefficient (Wildman–Crippen LogP) is 0.0924. The van der Waals surface area contributed by atoms with Crippen molar-refractivity contribution in [1.29, 1.82) is 0 Å². The Labute approximate surface area is 52.9 Å². The number of cyclic esters (lactones) is 1. The fourth-order valence-corrected chi connectivity index (χ4v) is 1.11. The van der Waals surface area contributed by atoms with Crippen LogP contribution in [0, 0.1) is 0 Å². The molecule has 0 aromatic heterocycles. The van der Waals surface area contributed by atoms with Crippen LogP contribution in [0.2, 0.25) is 0 Å². The topological polar surface area (TPSA) is 38.8 Å². The van der Waals surface area contributed by atoms with Gasteiger partial charge in [-0.3, -0.25) is 0 Å². The van der Waals surface area contributed by atoms with Crippen molar-refractivity contribution in [3.8, 4) is 0 Å². The van der Waals surface area contributed by atoms with Crippen LogP contribution in [0.25, 0.3) is 0 Å². The second-order valence-corrected chi connectivity index (χ2v) is 2.52. The molecule has 0 amide bonds. The number of rotatable bonds is 0. The normalized spacial score (nSPS) is 40.7. The lowest BCUT2D eigenvalue weighted by molar-refractivity contribution is -0.154. The highest BCUT2D eigenvalue weighted by Gasteiger charge is 2.54. The molecule has 0 radical (unpaired) electrons. The van der Waals surface area contributed by atoms with Crippen LogP contribution < -0.4 is 0 Å². The zero-order valence-electron chi connectivity index (χ0n) is 5.05. The fourth-order valence-electron chi connectivity index (χ4n) is 1.11. The van der Waals surface area contributed by atoms with E-state index in [9.17, 15) is 4.79 Å². The molecular weight excluding hydrogens is 120 g/mol. The molecule has 0 N–H and O–H groups in total.